The molecule has 1 aromatic carbocycles. The quantitative estimate of drug-likeness (QED) is 0.750. The van der Waals surface area contributed by atoms with E-state index in [0.29, 0.717) is 0 Å². The Morgan fingerprint density at radius 2 is 1.96 bits per heavy atom. The molecule has 1 unspecified atom stereocenters. The first-order chi connectivity index (χ1) is 11.5. The van der Waals surface area contributed by atoms with Gasteiger partial charge in [0.2, 0.25) is 0 Å². The van der Waals surface area contributed by atoms with Gasteiger partial charge in [0, 0.05) is 18.1 Å². The summed E-state index contributed by atoms with van der Waals surface area (Å²) in [7, 11) is -0.0357. The predicted octanol–water partition coefficient (Wildman–Crippen LogP) is 3.94. The molecule has 0 aliphatic heterocycles. The summed E-state index contributed by atoms with van der Waals surface area (Å²) >= 11 is 0. The molecule has 0 aliphatic rings. The number of likely N-dealkylation sites (N-methyl/N-ethyl adjacent to an activating group) is 1. The van der Waals surface area contributed by atoms with E-state index in [4.69, 9.17) is 9.05 Å². The number of phosphoric acid groups is 1. The minimum atomic E-state index is -4.12. The first-order valence-electron chi connectivity index (χ1n) is 8.38. The highest BCUT2D eigenvalue weighted by atomic mass is 31.2. The van der Waals surface area contributed by atoms with Crippen LogP contribution in [0.15, 0.2) is 24.4 Å². The lowest BCUT2D eigenvalue weighted by atomic mass is 10.1. The second-order valence-electron chi connectivity index (χ2n) is 7.63. The monoisotopic (exact) mass is 368 g/mol. The van der Waals surface area contributed by atoms with Crippen molar-refractivity contribution >= 4 is 18.7 Å². The standard InChI is InChI=1S/C18H29N2O4P/c1-14-7-8-17-16(11-14)15(9-10-19(5)6)12-20(17)13-23-25(21,22)24-18(2,3)4/h7-8,11-12H,9-10,13H2,1-6H3,(H,21,22). The molecule has 0 aliphatic carbocycles. The first kappa shape index (κ1) is 20.1. The highest BCUT2D eigenvalue weighted by Gasteiger charge is 2.29. The average Bonchev–Trinajstić information content (AvgIpc) is 2.78. The van der Waals surface area contributed by atoms with Crippen LogP contribution in [0.3, 0.4) is 0 Å². The number of rotatable bonds is 7. The zero-order chi connectivity index (χ0) is 18.8. The van der Waals surface area contributed by atoms with Gasteiger partial charge in [0.15, 0.2) is 0 Å². The molecule has 1 heterocycles. The molecule has 0 amide bonds. The molecule has 7 heteroatoms. The van der Waals surface area contributed by atoms with Crippen LogP contribution in [0, 0.1) is 6.92 Å². The molecule has 2 rings (SSSR count). The van der Waals surface area contributed by atoms with Gasteiger partial charge in [0.1, 0.15) is 6.73 Å². The Morgan fingerprint density at radius 1 is 1.28 bits per heavy atom. The summed E-state index contributed by atoms with van der Waals surface area (Å²) in [5, 5.41) is 1.15. The lowest BCUT2D eigenvalue weighted by Gasteiger charge is -2.22. The first-order valence-corrected chi connectivity index (χ1v) is 9.87. The van der Waals surface area contributed by atoms with Crippen molar-refractivity contribution in [3.63, 3.8) is 0 Å². The van der Waals surface area contributed by atoms with Crippen LogP contribution < -0.4 is 0 Å². The molecular formula is C18H29N2O4P. The largest absolute Gasteiger partial charge is 0.474 e. The van der Waals surface area contributed by atoms with E-state index in [1.807, 2.05) is 37.0 Å². The number of aromatic nitrogens is 1. The van der Waals surface area contributed by atoms with Gasteiger partial charge in [-0.2, -0.15) is 0 Å². The highest BCUT2D eigenvalue weighted by Crippen LogP contribution is 2.47. The topological polar surface area (TPSA) is 63.9 Å². The van der Waals surface area contributed by atoms with Crippen LogP contribution in [0.5, 0.6) is 0 Å². The van der Waals surface area contributed by atoms with Crippen LogP contribution in [0.1, 0.15) is 31.9 Å². The van der Waals surface area contributed by atoms with E-state index in [1.54, 1.807) is 20.8 Å². The maximum Gasteiger partial charge on any atom is 0.474 e. The van der Waals surface area contributed by atoms with Crippen molar-refractivity contribution in [2.24, 2.45) is 0 Å². The molecule has 0 fully saturated rings. The highest BCUT2D eigenvalue weighted by molar-refractivity contribution is 7.47. The zero-order valence-corrected chi connectivity index (χ0v) is 16.8. The Morgan fingerprint density at radius 3 is 2.56 bits per heavy atom. The van der Waals surface area contributed by atoms with Gasteiger partial charge < -0.3 is 14.4 Å². The van der Waals surface area contributed by atoms with Crippen molar-refractivity contribution in [3.05, 3.63) is 35.5 Å². The molecule has 1 aromatic heterocycles. The second-order valence-corrected chi connectivity index (χ2v) is 9.01. The minimum absolute atomic E-state index is 0.0363. The normalized spacial score (nSPS) is 15.0. The Hall–Kier alpha value is -1.17. The average molecular weight is 368 g/mol. The molecule has 0 spiro atoms. The number of phosphoric ester groups is 1. The maximum atomic E-state index is 12.1. The summed E-state index contributed by atoms with van der Waals surface area (Å²) in [6.07, 6.45) is 2.89. The van der Waals surface area contributed by atoms with E-state index < -0.39 is 13.4 Å². The lowest BCUT2D eigenvalue weighted by Crippen LogP contribution is -2.18. The molecular weight excluding hydrogens is 339 g/mol. The molecule has 0 saturated heterocycles. The fraction of sp³-hybridized carbons (Fsp3) is 0.556. The van der Waals surface area contributed by atoms with Gasteiger partial charge in [-0.25, -0.2) is 4.57 Å². The molecule has 0 radical (unpaired) electrons. The summed E-state index contributed by atoms with van der Waals surface area (Å²) in [5.41, 5.74) is 2.61. The molecule has 6 nitrogen and oxygen atoms in total. The van der Waals surface area contributed by atoms with Crippen molar-refractivity contribution < 1.29 is 18.5 Å². The van der Waals surface area contributed by atoms with E-state index in [2.05, 4.69) is 17.9 Å². The van der Waals surface area contributed by atoms with E-state index in [1.165, 1.54) is 11.1 Å². The SMILES string of the molecule is Cc1ccc2c(c1)c(CCN(C)C)cn2COP(=O)(O)OC(C)(C)C. The van der Waals surface area contributed by atoms with Crippen LogP contribution in [-0.2, 0) is 26.8 Å². The van der Waals surface area contributed by atoms with Gasteiger partial charge in [0.05, 0.1) is 11.1 Å². The smallest absolute Gasteiger partial charge is 0.323 e. The fourth-order valence-electron chi connectivity index (χ4n) is 2.64. The van der Waals surface area contributed by atoms with Crippen LogP contribution in [-0.4, -0.2) is 40.6 Å². The molecule has 1 N–H and O–H groups in total. The molecule has 2 aromatic rings. The van der Waals surface area contributed by atoms with Crippen molar-refractivity contribution in [1.82, 2.24) is 9.47 Å². The summed E-state index contributed by atoms with van der Waals surface area (Å²) in [5.74, 6) is 0. The molecule has 0 saturated carbocycles. The van der Waals surface area contributed by atoms with Crippen molar-refractivity contribution in [1.29, 1.82) is 0 Å². The van der Waals surface area contributed by atoms with E-state index >= 15 is 0 Å². The summed E-state index contributed by atoms with van der Waals surface area (Å²) in [6.45, 7) is 8.10. The maximum absolute atomic E-state index is 12.1. The molecule has 140 valence electrons. The Balaban J connectivity index is 2.24. The van der Waals surface area contributed by atoms with Crippen LogP contribution in [0.25, 0.3) is 10.9 Å². The van der Waals surface area contributed by atoms with Gasteiger partial charge in [-0.05, 0) is 65.9 Å². The number of nitrogens with zero attached hydrogens (tertiary/aromatic N) is 2. The number of aryl methyl sites for hydroxylation is 1. The van der Waals surface area contributed by atoms with Crippen LogP contribution in [0.4, 0.5) is 0 Å². The summed E-state index contributed by atoms with van der Waals surface area (Å²) in [4.78, 5) is 12.0. The number of hydrogen-bond acceptors (Lipinski definition) is 4. The van der Waals surface area contributed by atoms with Gasteiger partial charge in [-0.15, -0.1) is 0 Å². The minimum Gasteiger partial charge on any atom is -0.323 e. The summed E-state index contributed by atoms with van der Waals surface area (Å²) < 4.78 is 24.3. The Bertz CT molecular complexity index is 777. The van der Waals surface area contributed by atoms with Gasteiger partial charge >= 0.3 is 7.82 Å². The van der Waals surface area contributed by atoms with Gasteiger partial charge in [-0.1, -0.05) is 11.6 Å². The van der Waals surface area contributed by atoms with Crippen LogP contribution >= 0.6 is 7.82 Å². The molecule has 0 bridgehead atoms. The van der Waals surface area contributed by atoms with Crippen molar-refractivity contribution in [3.8, 4) is 0 Å². The van der Waals surface area contributed by atoms with E-state index in [0.717, 1.165) is 23.9 Å². The second kappa shape index (κ2) is 7.60. The molecule has 25 heavy (non-hydrogen) atoms. The number of hydrogen-bond donors (Lipinski definition) is 1. The lowest BCUT2D eigenvalue weighted by molar-refractivity contribution is 0.0494. The third-order valence-corrected chi connectivity index (χ3v) is 4.92. The van der Waals surface area contributed by atoms with E-state index in [9.17, 15) is 9.46 Å². The van der Waals surface area contributed by atoms with E-state index in [-0.39, 0.29) is 6.73 Å². The molecule has 1 atom stereocenters. The number of benzene rings is 1. The zero-order valence-electron chi connectivity index (χ0n) is 15.9. The summed E-state index contributed by atoms with van der Waals surface area (Å²) in [6, 6.07) is 6.18. The van der Waals surface area contributed by atoms with Gasteiger partial charge in [0.25, 0.3) is 0 Å². The van der Waals surface area contributed by atoms with Crippen LogP contribution in [0.2, 0.25) is 0 Å². The van der Waals surface area contributed by atoms with Gasteiger partial charge in [-0.3, -0.25) is 9.05 Å². The van der Waals surface area contributed by atoms with Crippen molar-refractivity contribution in [2.45, 2.75) is 46.4 Å². The van der Waals surface area contributed by atoms with Crippen molar-refractivity contribution in [2.75, 3.05) is 20.6 Å². The third kappa shape index (κ3) is 5.94. The Kier molecular flexibility index (Phi) is 6.13. The fourth-order valence-corrected chi connectivity index (χ4v) is 3.66. The Labute approximate surface area is 150 Å². The number of fused-ring (bicyclic) bond motifs is 1. The predicted molar refractivity (Wildman–Crippen MR) is 101 cm³/mol. The third-order valence-electron chi connectivity index (χ3n) is 3.70.